The van der Waals surface area contributed by atoms with Crippen molar-refractivity contribution < 1.29 is 4.74 Å². The molecule has 0 amide bonds. The summed E-state index contributed by atoms with van der Waals surface area (Å²) in [5.74, 6) is 1.01. The number of hydrogen-bond acceptors (Lipinski definition) is 4. The number of hydrogen-bond donors (Lipinski definition) is 2. The monoisotopic (exact) mass is 179 g/mol. The Morgan fingerprint density at radius 3 is 2.62 bits per heavy atom. The fourth-order valence-electron chi connectivity index (χ4n) is 1.39. The fraction of sp³-hybridized carbons (Fsp3) is 0.444. The largest absolute Gasteiger partial charge is 0.480 e. The highest BCUT2D eigenvalue weighted by molar-refractivity contribution is 5.60. The smallest absolute Gasteiger partial charge is 0.237 e. The van der Waals surface area contributed by atoms with Crippen molar-refractivity contribution >= 4 is 11.4 Å². The Balaban J connectivity index is 2.44. The average molecular weight is 179 g/mol. The van der Waals surface area contributed by atoms with E-state index in [9.17, 15) is 0 Å². The molecule has 0 atom stereocenters. The molecule has 1 heterocycles. The van der Waals surface area contributed by atoms with E-state index in [1.807, 2.05) is 0 Å². The summed E-state index contributed by atoms with van der Waals surface area (Å²) < 4.78 is 5.03. The molecule has 0 bridgehead atoms. The summed E-state index contributed by atoms with van der Waals surface area (Å²) in [6.45, 7) is 0. The highest BCUT2D eigenvalue weighted by atomic mass is 16.5. The average Bonchev–Trinajstić information content (AvgIpc) is 2.88. The number of methoxy groups -OCH3 is 1. The van der Waals surface area contributed by atoms with E-state index < -0.39 is 0 Å². The van der Waals surface area contributed by atoms with E-state index in [1.165, 1.54) is 12.8 Å². The van der Waals surface area contributed by atoms with E-state index >= 15 is 0 Å². The first-order chi connectivity index (χ1) is 6.22. The van der Waals surface area contributed by atoms with E-state index in [0.717, 1.165) is 5.69 Å². The number of pyridine rings is 1. The molecule has 1 aliphatic carbocycles. The number of anilines is 2. The van der Waals surface area contributed by atoms with Crippen molar-refractivity contribution in [1.29, 1.82) is 0 Å². The second-order valence-electron chi connectivity index (χ2n) is 3.34. The Morgan fingerprint density at radius 1 is 1.38 bits per heavy atom. The maximum Gasteiger partial charge on any atom is 0.237 e. The number of nitrogen functional groups attached to an aromatic ring is 2. The Bertz CT molecular complexity index is 334. The van der Waals surface area contributed by atoms with Crippen LogP contribution in [0.15, 0.2) is 6.07 Å². The van der Waals surface area contributed by atoms with E-state index in [4.69, 9.17) is 16.2 Å². The normalized spacial score (nSPS) is 15.8. The topological polar surface area (TPSA) is 74.2 Å². The van der Waals surface area contributed by atoms with E-state index in [-0.39, 0.29) is 0 Å². The van der Waals surface area contributed by atoms with Gasteiger partial charge in [-0.3, -0.25) is 0 Å². The predicted molar refractivity (Wildman–Crippen MR) is 51.6 cm³/mol. The molecule has 0 saturated heterocycles. The van der Waals surface area contributed by atoms with Gasteiger partial charge in [0.1, 0.15) is 0 Å². The van der Waals surface area contributed by atoms with Crippen molar-refractivity contribution in [1.82, 2.24) is 4.98 Å². The van der Waals surface area contributed by atoms with Gasteiger partial charge in [0, 0.05) is 5.92 Å². The third-order valence-corrected chi connectivity index (χ3v) is 2.23. The molecule has 1 fully saturated rings. The lowest BCUT2D eigenvalue weighted by Gasteiger charge is -2.08. The molecular formula is C9H13N3O. The molecule has 1 aliphatic rings. The summed E-state index contributed by atoms with van der Waals surface area (Å²) in [6, 6.07) is 1.72. The second-order valence-corrected chi connectivity index (χ2v) is 3.34. The fourth-order valence-corrected chi connectivity index (χ4v) is 1.39. The second kappa shape index (κ2) is 2.80. The highest BCUT2D eigenvalue weighted by Gasteiger charge is 2.28. The zero-order valence-corrected chi connectivity index (χ0v) is 7.58. The molecule has 2 rings (SSSR count). The molecule has 0 aromatic carbocycles. The van der Waals surface area contributed by atoms with Crippen LogP contribution in [0.4, 0.5) is 11.4 Å². The van der Waals surface area contributed by atoms with E-state index in [1.54, 1.807) is 13.2 Å². The van der Waals surface area contributed by atoms with Crippen LogP contribution < -0.4 is 16.2 Å². The van der Waals surface area contributed by atoms with Gasteiger partial charge >= 0.3 is 0 Å². The first-order valence-corrected chi connectivity index (χ1v) is 4.32. The van der Waals surface area contributed by atoms with Gasteiger partial charge in [-0.2, -0.15) is 0 Å². The molecule has 4 heteroatoms. The number of ether oxygens (including phenoxy) is 1. The predicted octanol–water partition coefficient (Wildman–Crippen LogP) is 1.13. The third-order valence-electron chi connectivity index (χ3n) is 2.23. The third kappa shape index (κ3) is 1.39. The maximum absolute atomic E-state index is 5.79. The SMILES string of the molecule is COc1nc(C2CC2)c(N)cc1N. The molecule has 1 saturated carbocycles. The van der Waals surface area contributed by atoms with Crippen LogP contribution in [0, 0.1) is 0 Å². The molecular weight excluding hydrogens is 166 g/mol. The van der Waals surface area contributed by atoms with Gasteiger partial charge < -0.3 is 16.2 Å². The summed E-state index contributed by atoms with van der Waals surface area (Å²) in [6.07, 6.45) is 2.34. The summed E-state index contributed by atoms with van der Waals surface area (Å²) in [5.41, 5.74) is 13.6. The van der Waals surface area contributed by atoms with Gasteiger partial charge in [0.25, 0.3) is 0 Å². The lowest BCUT2D eigenvalue weighted by atomic mass is 10.2. The highest BCUT2D eigenvalue weighted by Crippen LogP contribution is 2.43. The number of nitrogens with two attached hydrogens (primary N) is 2. The summed E-state index contributed by atoms with van der Waals surface area (Å²) >= 11 is 0. The zero-order chi connectivity index (χ0) is 9.42. The van der Waals surface area contributed by atoms with Gasteiger partial charge in [-0.15, -0.1) is 0 Å². The van der Waals surface area contributed by atoms with Crippen molar-refractivity contribution in [3.63, 3.8) is 0 Å². The quantitative estimate of drug-likeness (QED) is 0.713. The minimum Gasteiger partial charge on any atom is -0.480 e. The molecule has 4 nitrogen and oxygen atoms in total. The van der Waals surface area contributed by atoms with Crippen LogP contribution in [0.3, 0.4) is 0 Å². The Labute approximate surface area is 76.9 Å². The Morgan fingerprint density at radius 2 is 2.08 bits per heavy atom. The molecule has 70 valence electrons. The van der Waals surface area contributed by atoms with Crippen molar-refractivity contribution in [2.24, 2.45) is 0 Å². The van der Waals surface area contributed by atoms with Crippen molar-refractivity contribution in [2.75, 3.05) is 18.6 Å². The van der Waals surface area contributed by atoms with Gasteiger partial charge in [0.2, 0.25) is 5.88 Å². The van der Waals surface area contributed by atoms with E-state index in [0.29, 0.717) is 23.2 Å². The standard InChI is InChI=1S/C9H13N3O/c1-13-9-7(11)4-6(10)8(12-9)5-2-3-5/h4-5H,2-3,10-11H2,1H3. The molecule has 1 aromatic rings. The van der Waals surface area contributed by atoms with Crippen LogP contribution in [0.2, 0.25) is 0 Å². The maximum atomic E-state index is 5.79. The van der Waals surface area contributed by atoms with Gasteiger partial charge in [-0.05, 0) is 18.9 Å². The minimum absolute atomic E-state index is 0.483. The van der Waals surface area contributed by atoms with Crippen LogP contribution in [-0.4, -0.2) is 12.1 Å². The van der Waals surface area contributed by atoms with Crippen LogP contribution in [0.1, 0.15) is 24.5 Å². The number of aromatic nitrogens is 1. The van der Waals surface area contributed by atoms with Gasteiger partial charge in [0.05, 0.1) is 24.2 Å². The van der Waals surface area contributed by atoms with Gasteiger partial charge in [0.15, 0.2) is 0 Å². The molecule has 0 unspecified atom stereocenters. The van der Waals surface area contributed by atoms with Crippen LogP contribution in [-0.2, 0) is 0 Å². The van der Waals surface area contributed by atoms with Crippen molar-refractivity contribution in [2.45, 2.75) is 18.8 Å². The van der Waals surface area contributed by atoms with Gasteiger partial charge in [-0.25, -0.2) is 4.98 Å². The number of rotatable bonds is 2. The molecule has 0 aliphatic heterocycles. The van der Waals surface area contributed by atoms with Crippen molar-refractivity contribution in [3.8, 4) is 5.88 Å². The first-order valence-electron chi connectivity index (χ1n) is 4.32. The van der Waals surface area contributed by atoms with Crippen molar-refractivity contribution in [3.05, 3.63) is 11.8 Å². The molecule has 1 aromatic heterocycles. The molecule has 4 N–H and O–H groups in total. The summed E-state index contributed by atoms with van der Waals surface area (Å²) in [5, 5.41) is 0. The minimum atomic E-state index is 0.483. The lowest BCUT2D eigenvalue weighted by Crippen LogP contribution is -2.02. The first kappa shape index (κ1) is 8.16. The van der Waals surface area contributed by atoms with Crippen LogP contribution in [0.25, 0.3) is 0 Å². The summed E-state index contributed by atoms with van der Waals surface area (Å²) in [7, 11) is 1.56. The number of nitrogens with zero attached hydrogens (tertiary/aromatic N) is 1. The molecule has 0 spiro atoms. The summed E-state index contributed by atoms with van der Waals surface area (Å²) in [4.78, 5) is 4.28. The Kier molecular flexibility index (Phi) is 1.76. The van der Waals surface area contributed by atoms with Crippen LogP contribution in [0.5, 0.6) is 5.88 Å². The van der Waals surface area contributed by atoms with Crippen LogP contribution >= 0.6 is 0 Å². The van der Waals surface area contributed by atoms with Gasteiger partial charge in [-0.1, -0.05) is 0 Å². The van der Waals surface area contributed by atoms with E-state index in [2.05, 4.69) is 4.98 Å². The zero-order valence-electron chi connectivity index (χ0n) is 7.58. The lowest BCUT2D eigenvalue weighted by molar-refractivity contribution is 0.399. The Hall–Kier alpha value is -1.45. The molecule has 0 radical (unpaired) electrons. The molecule has 13 heavy (non-hydrogen) atoms.